The highest BCUT2D eigenvalue weighted by molar-refractivity contribution is 7.14. The molecule has 0 radical (unpaired) electrons. The summed E-state index contributed by atoms with van der Waals surface area (Å²) in [5, 5.41) is 5.30. The second-order valence-electron chi connectivity index (χ2n) is 7.31. The van der Waals surface area contributed by atoms with Gasteiger partial charge < -0.3 is 9.64 Å². The Hall–Kier alpha value is -3.19. The number of aromatic nitrogens is 1. The molecule has 154 valence electrons. The van der Waals surface area contributed by atoms with Crippen LogP contribution in [0.4, 0.5) is 5.13 Å². The van der Waals surface area contributed by atoms with Crippen LogP contribution in [0.15, 0.2) is 47.8 Å². The van der Waals surface area contributed by atoms with Gasteiger partial charge in [0.2, 0.25) is 5.91 Å². The third-order valence-electron chi connectivity index (χ3n) is 5.12. The number of likely N-dealkylation sites (tertiary alicyclic amines) is 1. The summed E-state index contributed by atoms with van der Waals surface area (Å²) in [7, 11) is 1.63. The lowest BCUT2D eigenvalue weighted by atomic mass is 10.1. The molecule has 0 atom stereocenters. The van der Waals surface area contributed by atoms with Gasteiger partial charge in [-0.05, 0) is 43.2 Å². The number of benzene rings is 2. The highest BCUT2D eigenvalue weighted by Crippen LogP contribution is 2.33. The molecule has 0 unspecified atom stereocenters. The zero-order chi connectivity index (χ0) is 21.1. The molecule has 30 heavy (non-hydrogen) atoms. The molecule has 0 spiro atoms. The number of anilines is 1. The fourth-order valence-electron chi connectivity index (χ4n) is 3.50. The molecule has 1 aromatic heterocycles. The molecule has 2 aromatic carbocycles. The third-order valence-corrected chi connectivity index (χ3v) is 5.87. The molecule has 1 fully saturated rings. The molecule has 1 N–H and O–H groups in total. The average Bonchev–Trinajstić information content (AvgIpc) is 3.37. The maximum absolute atomic E-state index is 12.6. The number of thiazole rings is 1. The Morgan fingerprint density at radius 1 is 1.23 bits per heavy atom. The van der Waals surface area contributed by atoms with Crippen LogP contribution in [0.5, 0.6) is 5.75 Å². The Bertz CT molecular complexity index is 1080. The lowest BCUT2D eigenvalue weighted by Gasteiger charge is -2.15. The first-order valence-electron chi connectivity index (χ1n) is 9.82. The Morgan fingerprint density at radius 2 is 2.03 bits per heavy atom. The molecule has 1 saturated heterocycles. The summed E-state index contributed by atoms with van der Waals surface area (Å²) in [4.78, 5) is 30.8. The SMILES string of the molecule is COc1ccc(C)cc1-c1csc(NC(=O)c2ccc(CN3CCCC3=O)cc2)n1. The van der Waals surface area contributed by atoms with Gasteiger partial charge in [-0.3, -0.25) is 14.9 Å². The van der Waals surface area contributed by atoms with Crippen molar-refractivity contribution < 1.29 is 14.3 Å². The van der Waals surface area contributed by atoms with Gasteiger partial charge in [-0.2, -0.15) is 0 Å². The standard InChI is InChI=1S/C23H23N3O3S/c1-15-5-10-20(29-2)18(12-15)19-14-30-23(24-19)25-22(28)17-8-6-16(7-9-17)13-26-11-3-4-21(26)27/h5-10,12,14H,3-4,11,13H2,1-2H3,(H,24,25,28). The summed E-state index contributed by atoms with van der Waals surface area (Å²) in [5.41, 5.74) is 4.35. The van der Waals surface area contributed by atoms with Gasteiger partial charge in [0.15, 0.2) is 5.13 Å². The van der Waals surface area contributed by atoms with Gasteiger partial charge in [0, 0.05) is 36.0 Å². The maximum atomic E-state index is 12.6. The van der Waals surface area contributed by atoms with E-state index in [4.69, 9.17) is 4.74 Å². The molecule has 0 aliphatic carbocycles. The number of methoxy groups -OCH3 is 1. The smallest absolute Gasteiger partial charge is 0.257 e. The fraction of sp³-hybridized carbons (Fsp3) is 0.261. The highest BCUT2D eigenvalue weighted by Gasteiger charge is 2.20. The van der Waals surface area contributed by atoms with E-state index in [1.807, 2.05) is 47.5 Å². The van der Waals surface area contributed by atoms with Crippen LogP contribution in [-0.4, -0.2) is 35.4 Å². The van der Waals surface area contributed by atoms with E-state index in [2.05, 4.69) is 10.3 Å². The van der Waals surface area contributed by atoms with Gasteiger partial charge >= 0.3 is 0 Å². The first kappa shape index (κ1) is 20.1. The fourth-order valence-corrected chi connectivity index (χ4v) is 4.20. The average molecular weight is 422 g/mol. The van der Waals surface area contributed by atoms with E-state index in [0.717, 1.165) is 41.1 Å². The normalized spacial score (nSPS) is 13.5. The first-order valence-corrected chi connectivity index (χ1v) is 10.7. The van der Waals surface area contributed by atoms with E-state index in [0.29, 0.717) is 23.7 Å². The van der Waals surface area contributed by atoms with E-state index in [1.165, 1.54) is 11.3 Å². The number of hydrogen-bond acceptors (Lipinski definition) is 5. The molecule has 1 aliphatic heterocycles. The van der Waals surface area contributed by atoms with Crippen LogP contribution in [0, 0.1) is 6.92 Å². The number of carbonyl (C=O) groups is 2. The van der Waals surface area contributed by atoms with Crippen LogP contribution < -0.4 is 10.1 Å². The second-order valence-corrected chi connectivity index (χ2v) is 8.17. The van der Waals surface area contributed by atoms with Crippen LogP contribution in [0.2, 0.25) is 0 Å². The van der Waals surface area contributed by atoms with Crippen LogP contribution in [0.1, 0.15) is 34.3 Å². The topological polar surface area (TPSA) is 71.5 Å². The van der Waals surface area contributed by atoms with Gasteiger partial charge in [0.25, 0.3) is 5.91 Å². The molecule has 6 nitrogen and oxygen atoms in total. The van der Waals surface area contributed by atoms with Crippen LogP contribution in [0.3, 0.4) is 0 Å². The van der Waals surface area contributed by atoms with Crippen molar-refractivity contribution in [3.63, 3.8) is 0 Å². The number of rotatable bonds is 6. The van der Waals surface area contributed by atoms with E-state index in [9.17, 15) is 9.59 Å². The first-order chi connectivity index (χ1) is 14.5. The zero-order valence-electron chi connectivity index (χ0n) is 17.0. The Morgan fingerprint density at radius 3 is 2.73 bits per heavy atom. The lowest BCUT2D eigenvalue weighted by molar-refractivity contribution is -0.128. The zero-order valence-corrected chi connectivity index (χ0v) is 17.8. The number of amides is 2. The monoisotopic (exact) mass is 421 g/mol. The summed E-state index contributed by atoms with van der Waals surface area (Å²) >= 11 is 1.37. The van der Waals surface area contributed by atoms with E-state index in [-0.39, 0.29) is 11.8 Å². The van der Waals surface area contributed by atoms with Crippen molar-refractivity contribution in [1.82, 2.24) is 9.88 Å². The van der Waals surface area contributed by atoms with E-state index < -0.39 is 0 Å². The van der Waals surface area contributed by atoms with Gasteiger partial charge in [0.1, 0.15) is 5.75 Å². The molecule has 3 aromatic rings. The predicted octanol–water partition coefficient (Wildman–Crippen LogP) is 4.50. The van der Waals surface area contributed by atoms with Crippen molar-refractivity contribution in [2.45, 2.75) is 26.3 Å². The predicted molar refractivity (Wildman–Crippen MR) is 118 cm³/mol. The number of carbonyl (C=O) groups excluding carboxylic acids is 2. The molecule has 2 amide bonds. The number of ether oxygens (including phenoxy) is 1. The number of nitrogens with zero attached hydrogens (tertiary/aromatic N) is 2. The summed E-state index contributed by atoms with van der Waals surface area (Å²) in [6.45, 7) is 3.41. The summed E-state index contributed by atoms with van der Waals surface area (Å²) < 4.78 is 5.43. The molecule has 7 heteroatoms. The van der Waals surface area contributed by atoms with E-state index >= 15 is 0 Å². The molecule has 1 aliphatic rings. The molecule has 0 saturated carbocycles. The largest absolute Gasteiger partial charge is 0.496 e. The van der Waals surface area contributed by atoms with Crippen LogP contribution in [-0.2, 0) is 11.3 Å². The molecular weight excluding hydrogens is 398 g/mol. The number of aryl methyl sites for hydroxylation is 1. The molecule has 2 heterocycles. The maximum Gasteiger partial charge on any atom is 0.257 e. The van der Waals surface area contributed by atoms with E-state index in [1.54, 1.807) is 19.2 Å². The van der Waals surface area contributed by atoms with Gasteiger partial charge in [-0.1, -0.05) is 23.8 Å². The van der Waals surface area contributed by atoms with Gasteiger partial charge in [0.05, 0.1) is 12.8 Å². The van der Waals surface area contributed by atoms with Crippen molar-refractivity contribution in [3.8, 4) is 17.0 Å². The minimum atomic E-state index is -0.212. The lowest BCUT2D eigenvalue weighted by Crippen LogP contribution is -2.23. The molecule has 0 bridgehead atoms. The van der Waals surface area contributed by atoms with Gasteiger partial charge in [-0.25, -0.2) is 4.98 Å². The number of hydrogen-bond donors (Lipinski definition) is 1. The molecule has 4 rings (SSSR count). The van der Waals surface area contributed by atoms with Crippen molar-refractivity contribution in [1.29, 1.82) is 0 Å². The van der Waals surface area contributed by atoms with Crippen molar-refractivity contribution >= 4 is 28.3 Å². The number of nitrogens with one attached hydrogen (secondary N) is 1. The summed E-state index contributed by atoms with van der Waals surface area (Å²) in [6, 6.07) is 13.3. The van der Waals surface area contributed by atoms with Crippen molar-refractivity contribution in [2.24, 2.45) is 0 Å². The van der Waals surface area contributed by atoms with Crippen molar-refractivity contribution in [3.05, 3.63) is 64.5 Å². The molecular formula is C23H23N3O3S. The van der Waals surface area contributed by atoms with Crippen LogP contribution >= 0.6 is 11.3 Å². The third kappa shape index (κ3) is 4.36. The Labute approximate surface area is 179 Å². The minimum absolute atomic E-state index is 0.196. The summed E-state index contributed by atoms with van der Waals surface area (Å²) in [5.74, 6) is 0.730. The second kappa shape index (κ2) is 8.67. The van der Waals surface area contributed by atoms with Crippen molar-refractivity contribution in [2.75, 3.05) is 19.0 Å². The highest BCUT2D eigenvalue weighted by atomic mass is 32.1. The Balaban J connectivity index is 1.43. The Kier molecular flexibility index (Phi) is 5.81. The quantitative estimate of drug-likeness (QED) is 0.636. The summed E-state index contributed by atoms with van der Waals surface area (Å²) in [6.07, 6.45) is 1.55. The minimum Gasteiger partial charge on any atom is -0.496 e. The van der Waals surface area contributed by atoms with Gasteiger partial charge in [-0.15, -0.1) is 11.3 Å². The van der Waals surface area contributed by atoms with Crippen LogP contribution in [0.25, 0.3) is 11.3 Å².